The Morgan fingerprint density at radius 1 is 0.926 bits per heavy atom. The first kappa shape index (κ1) is 22.3. The van der Waals surface area contributed by atoms with Gasteiger partial charge >= 0.3 is 0 Å². The van der Waals surface area contributed by atoms with Crippen LogP contribution in [0.4, 0.5) is 0 Å². The predicted molar refractivity (Wildman–Crippen MR) is 110 cm³/mol. The molecule has 3 heteroatoms. The highest BCUT2D eigenvalue weighted by molar-refractivity contribution is 5.73. The number of hydrogen-bond donors (Lipinski definition) is 1. The standard InChI is InChI=1S/C12H18O.C11H18O.CH4O/c1-8(7-13)11-9-4-5-10(6-9)12(11,2)3;1-11(2)9-4-3-8(7-9)10(11)5-6-12;1-2/h7,9-11H,1,4-6H2,2-3H3;6,8-10H,3-5,7H2,1-2H3;2H,1H3. The minimum Gasteiger partial charge on any atom is -0.400 e. The first-order valence-corrected chi connectivity index (χ1v) is 10.8. The van der Waals surface area contributed by atoms with Gasteiger partial charge in [0, 0.05) is 13.5 Å². The summed E-state index contributed by atoms with van der Waals surface area (Å²) in [5.74, 6) is 4.51. The average molecular weight is 377 g/mol. The zero-order chi connectivity index (χ0) is 20.4. The molecule has 0 aromatic carbocycles. The summed E-state index contributed by atoms with van der Waals surface area (Å²) in [7, 11) is 1.00. The Kier molecular flexibility index (Phi) is 7.11. The van der Waals surface area contributed by atoms with E-state index < -0.39 is 0 Å². The molecule has 4 saturated carbocycles. The molecule has 6 atom stereocenters. The van der Waals surface area contributed by atoms with Crippen molar-refractivity contribution in [3.8, 4) is 0 Å². The van der Waals surface area contributed by atoms with Crippen molar-refractivity contribution in [3.05, 3.63) is 12.2 Å². The van der Waals surface area contributed by atoms with Gasteiger partial charge in [0.15, 0.2) is 0 Å². The van der Waals surface area contributed by atoms with Crippen LogP contribution in [0, 0.1) is 46.3 Å². The van der Waals surface area contributed by atoms with Crippen LogP contribution in [0.5, 0.6) is 0 Å². The molecule has 4 rings (SSSR count). The van der Waals surface area contributed by atoms with Crippen molar-refractivity contribution in [1.82, 2.24) is 0 Å². The van der Waals surface area contributed by atoms with Gasteiger partial charge in [0.1, 0.15) is 12.6 Å². The van der Waals surface area contributed by atoms with Crippen LogP contribution in [0.3, 0.4) is 0 Å². The van der Waals surface area contributed by atoms with Gasteiger partial charge in [-0.15, -0.1) is 0 Å². The predicted octanol–water partition coefficient (Wildman–Crippen LogP) is 5.07. The lowest BCUT2D eigenvalue weighted by Gasteiger charge is -2.38. The summed E-state index contributed by atoms with van der Waals surface area (Å²) in [6.45, 7) is 13.2. The second kappa shape index (κ2) is 8.59. The zero-order valence-corrected chi connectivity index (χ0v) is 18.0. The molecule has 0 spiro atoms. The molecule has 1 N–H and O–H groups in total. The quantitative estimate of drug-likeness (QED) is 0.550. The minimum atomic E-state index is 0.320. The van der Waals surface area contributed by atoms with E-state index >= 15 is 0 Å². The molecule has 4 bridgehead atoms. The van der Waals surface area contributed by atoms with E-state index in [4.69, 9.17) is 5.11 Å². The van der Waals surface area contributed by atoms with Crippen LogP contribution in [-0.4, -0.2) is 24.8 Å². The van der Waals surface area contributed by atoms with Crippen molar-refractivity contribution in [1.29, 1.82) is 0 Å². The normalized spacial score (nSPS) is 39.0. The Labute approximate surface area is 166 Å². The number of allylic oxidation sites excluding steroid dienone is 1. The maximum atomic E-state index is 10.8. The van der Waals surface area contributed by atoms with Crippen LogP contribution in [-0.2, 0) is 9.59 Å². The molecule has 4 aliphatic carbocycles. The van der Waals surface area contributed by atoms with Crippen molar-refractivity contribution >= 4 is 12.6 Å². The highest BCUT2D eigenvalue weighted by Gasteiger charge is 2.53. The first-order valence-electron chi connectivity index (χ1n) is 10.8. The number of aliphatic hydroxyl groups excluding tert-OH is 1. The SMILES string of the molecule is C=C(C=O)C1C2CCC(C2)C1(C)C.CC1(C)C2CCC(C2)C1CC=O.CO. The minimum absolute atomic E-state index is 0.320. The van der Waals surface area contributed by atoms with Gasteiger partial charge in [-0.05, 0) is 90.4 Å². The third-order valence-corrected chi connectivity index (χ3v) is 8.75. The van der Waals surface area contributed by atoms with E-state index in [2.05, 4.69) is 34.3 Å². The van der Waals surface area contributed by atoms with Gasteiger partial charge in [-0.2, -0.15) is 0 Å². The molecule has 0 radical (unpaired) electrons. The molecular weight excluding hydrogens is 336 g/mol. The number of rotatable bonds is 4. The number of hydrogen-bond acceptors (Lipinski definition) is 3. The largest absolute Gasteiger partial charge is 0.400 e. The van der Waals surface area contributed by atoms with Gasteiger partial charge in [0.25, 0.3) is 0 Å². The Balaban J connectivity index is 0.000000178. The smallest absolute Gasteiger partial charge is 0.145 e. The van der Waals surface area contributed by atoms with Crippen LogP contribution in [0.2, 0.25) is 0 Å². The van der Waals surface area contributed by atoms with Crippen LogP contribution >= 0.6 is 0 Å². The summed E-state index contributed by atoms with van der Waals surface area (Å²) in [6, 6.07) is 0. The van der Waals surface area contributed by atoms with Crippen LogP contribution in [0.25, 0.3) is 0 Å². The number of carbonyl (C=O) groups excluding carboxylic acids is 2. The molecule has 154 valence electrons. The summed E-state index contributed by atoms with van der Waals surface area (Å²) in [4.78, 5) is 21.3. The lowest BCUT2D eigenvalue weighted by atomic mass is 9.66. The molecule has 0 aliphatic heterocycles. The lowest BCUT2D eigenvalue weighted by molar-refractivity contribution is -0.110. The molecule has 6 unspecified atom stereocenters. The van der Waals surface area contributed by atoms with E-state index in [-0.39, 0.29) is 0 Å². The molecule has 27 heavy (non-hydrogen) atoms. The van der Waals surface area contributed by atoms with E-state index in [0.29, 0.717) is 22.7 Å². The van der Waals surface area contributed by atoms with E-state index in [1.165, 1.54) is 38.5 Å². The maximum Gasteiger partial charge on any atom is 0.145 e. The number of aliphatic hydroxyl groups is 1. The molecule has 0 heterocycles. The van der Waals surface area contributed by atoms with Crippen LogP contribution in [0.15, 0.2) is 12.2 Å². The highest BCUT2D eigenvalue weighted by Crippen LogP contribution is 2.61. The molecule has 0 aromatic rings. The van der Waals surface area contributed by atoms with Gasteiger partial charge in [0.2, 0.25) is 0 Å². The molecule has 0 aromatic heterocycles. The van der Waals surface area contributed by atoms with Crippen LogP contribution in [0.1, 0.15) is 72.6 Å². The van der Waals surface area contributed by atoms with Crippen LogP contribution < -0.4 is 0 Å². The number of aldehydes is 2. The maximum absolute atomic E-state index is 10.8. The Hall–Kier alpha value is -0.960. The summed E-state index contributed by atoms with van der Waals surface area (Å²) in [5.41, 5.74) is 1.60. The average Bonchev–Trinajstić information content (AvgIpc) is 3.38. The molecule has 4 aliphatic rings. The van der Waals surface area contributed by atoms with Crippen molar-refractivity contribution in [2.45, 2.75) is 72.6 Å². The summed E-state index contributed by atoms with van der Waals surface area (Å²) in [6.07, 6.45) is 11.1. The highest BCUT2D eigenvalue weighted by atomic mass is 16.2. The van der Waals surface area contributed by atoms with E-state index in [9.17, 15) is 9.59 Å². The molecule has 3 nitrogen and oxygen atoms in total. The van der Waals surface area contributed by atoms with Gasteiger partial charge in [0.05, 0.1) is 0 Å². The van der Waals surface area contributed by atoms with Crippen molar-refractivity contribution in [2.75, 3.05) is 7.11 Å². The first-order chi connectivity index (χ1) is 12.7. The Morgan fingerprint density at radius 2 is 1.44 bits per heavy atom. The van der Waals surface area contributed by atoms with Crippen molar-refractivity contribution < 1.29 is 14.7 Å². The lowest BCUT2D eigenvalue weighted by Crippen LogP contribution is -2.32. The van der Waals surface area contributed by atoms with Gasteiger partial charge in [-0.25, -0.2) is 0 Å². The molecule has 4 fully saturated rings. The van der Waals surface area contributed by atoms with E-state index in [0.717, 1.165) is 55.3 Å². The summed E-state index contributed by atoms with van der Waals surface area (Å²) >= 11 is 0. The summed E-state index contributed by atoms with van der Waals surface area (Å²) < 4.78 is 0. The Morgan fingerprint density at radius 3 is 1.85 bits per heavy atom. The zero-order valence-electron chi connectivity index (χ0n) is 18.0. The van der Waals surface area contributed by atoms with Gasteiger partial charge < -0.3 is 9.90 Å². The Bertz CT molecular complexity index is 548. The molecule has 0 saturated heterocycles. The topological polar surface area (TPSA) is 54.4 Å². The molecular formula is C24H40O3. The fraction of sp³-hybridized carbons (Fsp3) is 0.833. The van der Waals surface area contributed by atoms with Gasteiger partial charge in [-0.3, -0.25) is 4.79 Å². The fourth-order valence-electron chi connectivity index (χ4n) is 7.28. The number of fused-ring (bicyclic) bond motifs is 4. The third kappa shape index (κ3) is 3.95. The van der Waals surface area contributed by atoms with Gasteiger partial charge in [-0.1, -0.05) is 34.3 Å². The number of carbonyl (C=O) groups is 2. The monoisotopic (exact) mass is 376 g/mol. The van der Waals surface area contributed by atoms with E-state index in [1.54, 1.807) is 0 Å². The fourth-order valence-corrected chi connectivity index (χ4v) is 7.28. The second-order valence-electron chi connectivity index (χ2n) is 10.4. The second-order valence-corrected chi connectivity index (χ2v) is 10.4. The van der Waals surface area contributed by atoms with Crippen molar-refractivity contribution in [2.24, 2.45) is 46.3 Å². The van der Waals surface area contributed by atoms with Crippen molar-refractivity contribution in [3.63, 3.8) is 0 Å². The summed E-state index contributed by atoms with van der Waals surface area (Å²) in [5, 5.41) is 7.00. The third-order valence-electron chi connectivity index (χ3n) is 8.75. The molecule has 0 amide bonds. The van der Waals surface area contributed by atoms with E-state index in [1.807, 2.05) is 0 Å².